The van der Waals surface area contributed by atoms with Crippen molar-refractivity contribution in [1.82, 2.24) is 9.59 Å². The van der Waals surface area contributed by atoms with Gasteiger partial charge in [0.25, 0.3) is 0 Å². The van der Waals surface area contributed by atoms with Gasteiger partial charge in [-0.3, -0.25) is 0 Å². The first-order chi connectivity index (χ1) is 9.86. The summed E-state index contributed by atoms with van der Waals surface area (Å²) in [6.07, 6.45) is 0. The molecule has 2 heterocycles. The minimum absolute atomic E-state index is 0.288. The summed E-state index contributed by atoms with van der Waals surface area (Å²) < 4.78 is 20.2. The van der Waals surface area contributed by atoms with Crippen molar-refractivity contribution in [2.45, 2.75) is 20.1 Å². The lowest BCUT2D eigenvalue weighted by molar-refractivity contribution is 0.105. The molecule has 20 heavy (non-hydrogen) atoms. The van der Waals surface area contributed by atoms with E-state index in [1.165, 1.54) is 11.5 Å². The maximum atomic E-state index is 5.68. The summed E-state index contributed by atoms with van der Waals surface area (Å²) in [5.41, 5.74) is 1.89. The molecule has 7 heteroatoms. The van der Waals surface area contributed by atoms with Gasteiger partial charge in [-0.1, -0.05) is 10.6 Å². The largest absolute Gasteiger partial charge is 0.454 e. The Kier molecular flexibility index (Phi) is 3.98. The predicted octanol–water partition coefficient (Wildman–Crippen LogP) is 2.42. The summed E-state index contributed by atoms with van der Waals surface area (Å²) in [6.45, 7) is 4.11. The number of hydrogen-bond donors (Lipinski definition) is 1. The second-order valence-corrected chi connectivity index (χ2v) is 5.01. The molecule has 0 atom stereocenters. The van der Waals surface area contributed by atoms with E-state index in [0.717, 1.165) is 34.3 Å². The lowest BCUT2D eigenvalue weighted by Crippen LogP contribution is -2.01. The molecule has 0 fully saturated rings. The maximum absolute atomic E-state index is 5.68. The van der Waals surface area contributed by atoms with E-state index in [4.69, 9.17) is 14.2 Å². The minimum atomic E-state index is 0.288. The number of aromatic nitrogens is 2. The molecule has 0 saturated carbocycles. The van der Waals surface area contributed by atoms with Crippen molar-refractivity contribution in [1.29, 1.82) is 0 Å². The number of rotatable bonds is 6. The lowest BCUT2D eigenvalue weighted by atomic mass is 10.2. The van der Waals surface area contributed by atoms with Gasteiger partial charge in [0.1, 0.15) is 10.7 Å². The molecule has 0 saturated heterocycles. The molecule has 1 aromatic heterocycles. The number of hydrogen-bond acceptors (Lipinski definition) is 7. The van der Waals surface area contributed by atoms with Crippen LogP contribution in [0.4, 0.5) is 5.00 Å². The summed E-state index contributed by atoms with van der Waals surface area (Å²) >= 11 is 1.35. The maximum Gasteiger partial charge on any atom is 0.231 e. The van der Waals surface area contributed by atoms with Gasteiger partial charge in [0, 0.05) is 18.1 Å². The third kappa shape index (κ3) is 2.83. The fourth-order valence-electron chi connectivity index (χ4n) is 1.89. The van der Waals surface area contributed by atoms with Gasteiger partial charge in [0.15, 0.2) is 11.5 Å². The summed E-state index contributed by atoms with van der Waals surface area (Å²) in [4.78, 5) is 0. The fraction of sp³-hybridized carbons (Fsp3) is 0.385. The number of nitrogens with one attached hydrogen (secondary N) is 1. The molecule has 1 aromatic carbocycles. The molecular formula is C13H15N3O3S. The van der Waals surface area contributed by atoms with E-state index >= 15 is 0 Å². The molecule has 3 rings (SSSR count). The Morgan fingerprint density at radius 1 is 1.30 bits per heavy atom. The van der Waals surface area contributed by atoms with Crippen LogP contribution in [0.15, 0.2) is 18.2 Å². The number of benzene rings is 1. The molecular weight excluding hydrogens is 278 g/mol. The quantitative estimate of drug-likeness (QED) is 0.882. The first-order valence-corrected chi connectivity index (χ1v) is 7.15. The Labute approximate surface area is 120 Å². The second kappa shape index (κ2) is 6.06. The van der Waals surface area contributed by atoms with Crippen LogP contribution in [-0.2, 0) is 18.0 Å². The highest BCUT2D eigenvalue weighted by atomic mass is 32.1. The van der Waals surface area contributed by atoms with E-state index in [1.807, 2.05) is 25.1 Å². The van der Waals surface area contributed by atoms with Gasteiger partial charge in [-0.25, -0.2) is 0 Å². The molecule has 0 spiro atoms. The highest BCUT2D eigenvalue weighted by molar-refractivity contribution is 7.10. The third-order valence-electron chi connectivity index (χ3n) is 2.84. The Balaban J connectivity index is 1.56. The van der Waals surface area contributed by atoms with Crippen LogP contribution in [0, 0.1) is 0 Å². The molecule has 6 nitrogen and oxygen atoms in total. The number of nitrogens with zero attached hydrogens (tertiary/aromatic N) is 2. The molecule has 1 aliphatic rings. The van der Waals surface area contributed by atoms with Gasteiger partial charge < -0.3 is 19.5 Å². The van der Waals surface area contributed by atoms with Gasteiger partial charge in [0.2, 0.25) is 6.79 Å². The molecule has 1 N–H and O–H groups in total. The van der Waals surface area contributed by atoms with Crippen LogP contribution < -0.4 is 14.8 Å². The van der Waals surface area contributed by atoms with Crippen molar-refractivity contribution in [3.8, 4) is 11.5 Å². The molecule has 0 radical (unpaired) electrons. The third-order valence-corrected chi connectivity index (χ3v) is 3.56. The van der Waals surface area contributed by atoms with Crippen LogP contribution in [0.25, 0.3) is 0 Å². The topological polar surface area (TPSA) is 65.5 Å². The van der Waals surface area contributed by atoms with Gasteiger partial charge in [-0.2, -0.15) is 0 Å². The first-order valence-electron chi connectivity index (χ1n) is 6.38. The van der Waals surface area contributed by atoms with E-state index in [1.54, 1.807) is 0 Å². The SMILES string of the molecule is CCNc1snnc1COCc1ccc2c(c1)OCO2. The van der Waals surface area contributed by atoms with Crippen LogP contribution in [0.2, 0.25) is 0 Å². The number of fused-ring (bicyclic) bond motifs is 1. The van der Waals surface area contributed by atoms with Crippen molar-refractivity contribution in [2.24, 2.45) is 0 Å². The Hall–Kier alpha value is -1.86. The number of ether oxygens (including phenoxy) is 3. The van der Waals surface area contributed by atoms with E-state index < -0.39 is 0 Å². The zero-order valence-corrected chi connectivity index (χ0v) is 11.9. The molecule has 0 unspecified atom stereocenters. The van der Waals surface area contributed by atoms with Crippen LogP contribution in [-0.4, -0.2) is 22.9 Å². The molecule has 106 valence electrons. The van der Waals surface area contributed by atoms with Gasteiger partial charge in [0.05, 0.1) is 13.2 Å². The normalized spacial score (nSPS) is 12.7. The zero-order chi connectivity index (χ0) is 13.8. The number of anilines is 1. The van der Waals surface area contributed by atoms with Crippen molar-refractivity contribution in [3.63, 3.8) is 0 Å². The molecule has 0 aliphatic carbocycles. The van der Waals surface area contributed by atoms with Gasteiger partial charge in [-0.15, -0.1) is 5.10 Å². The molecule has 0 amide bonds. The van der Waals surface area contributed by atoms with Crippen LogP contribution in [0.1, 0.15) is 18.2 Å². The fourth-order valence-corrected chi connectivity index (χ4v) is 2.53. The highest BCUT2D eigenvalue weighted by Gasteiger charge is 2.13. The van der Waals surface area contributed by atoms with E-state index in [2.05, 4.69) is 14.9 Å². The van der Waals surface area contributed by atoms with Crippen molar-refractivity contribution in [3.05, 3.63) is 29.5 Å². The van der Waals surface area contributed by atoms with Crippen molar-refractivity contribution in [2.75, 3.05) is 18.7 Å². The average molecular weight is 293 g/mol. The average Bonchev–Trinajstić information content (AvgIpc) is 3.08. The lowest BCUT2D eigenvalue weighted by Gasteiger charge is -2.05. The first kappa shape index (κ1) is 13.1. The van der Waals surface area contributed by atoms with Crippen LogP contribution >= 0.6 is 11.5 Å². The Morgan fingerprint density at radius 2 is 2.20 bits per heavy atom. The standard InChI is InChI=1S/C13H15N3O3S/c1-2-14-13-10(15-16-20-13)7-17-6-9-3-4-11-12(5-9)19-8-18-11/h3-5,14H,2,6-8H2,1H3. The molecule has 0 bridgehead atoms. The van der Waals surface area contributed by atoms with Crippen molar-refractivity contribution < 1.29 is 14.2 Å². The highest BCUT2D eigenvalue weighted by Crippen LogP contribution is 2.32. The zero-order valence-electron chi connectivity index (χ0n) is 11.1. The molecule has 1 aliphatic heterocycles. The summed E-state index contributed by atoms with van der Waals surface area (Å²) in [5, 5.41) is 8.25. The van der Waals surface area contributed by atoms with E-state index in [9.17, 15) is 0 Å². The smallest absolute Gasteiger partial charge is 0.231 e. The van der Waals surface area contributed by atoms with Crippen molar-refractivity contribution >= 4 is 16.5 Å². The van der Waals surface area contributed by atoms with E-state index in [0.29, 0.717) is 13.2 Å². The predicted molar refractivity (Wildman–Crippen MR) is 75.1 cm³/mol. The van der Waals surface area contributed by atoms with Crippen LogP contribution in [0.3, 0.4) is 0 Å². The van der Waals surface area contributed by atoms with Crippen LogP contribution in [0.5, 0.6) is 11.5 Å². The summed E-state index contributed by atoms with van der Waals surface area (Å²) in [7, 11) is 0. The van der Waals surface area contributed by atoms with Gasteiger partial charge in [-0.05, 0) is 24.6 Å². The minimum Gasteiger partial charge on any atom is -0.454 e. The Bertz CT molecular complexity index is 588. The Morgan fingerprint density at radius 3 is 3.10 bits per heavy atom. The van der Waals surface area contributed by atoms with E-state index in [-0.39, 0.29) is 6.79 Å². The second-order valence-electron chi connectivity index (χ2n) is 4.26. The monoisotopic (exact) mass is 293 g/mol. The summed E-state index contributed by atoms with van der Waals surface area (Å²) in [5.74, 6) is 1.56. The van der Waals surface area contributed by atoms with Gasteiger partial charge >= 0.3 is 0 Å². The summed E-state index contributed by atoms with van der Waals surface area (Å²) in [6, 6.07) is 5.81. The molecule has 2 aromatic rings.